The van der Waals surface area contributed by atoms with Crippen LogP contribution in [0.4, 0.5) is 0 Å². The number of oxime groups is 1. The van der Waals surface area contributed by atoms with Gasteiger partial charge in [0.05, 0.1) is 12.8 Å². The van der Waals surface area contributed by atoms with E-state index in [1.165, 1.54) is 0 Å². The fourth-order valence-electron chi connectivity index (χ4n) is 1.14. The number of aliphatic hydroxyl groups is 1. The SMILES string of the molecule is COc1ccc(/C(CCO)=N/O)cc1. The summed E-state index contributed by atoms with van der Waals surface area (Å²) in [4.78, 5) is 0. The fraction of sp³-hybridized carbons (Fsp3) is 0.300. The van der Waals surface area contributed by atoms with Crippen molar-refractivity contribution in [1.29, 1.82) is 0 Å². The molecule has 0 aliphatic carbocycles. The molecule has 0 spiro atoms. The van der Waals surface area contributed by atoms with E-state index >= 15 is 0 Å². The Morgan fingerprint density at radius 2 is 2.00 bits per heavy atom. The molecule has 2 N–H and O–H groups in total. The Labute approximate surface area is 82.4 Å². The van der Waals surface area contributed by atoms with Gasteiger partial charge in [0.25, 0.3) is 0 Å². The first kappa shape index (κ1) is 10.5. The predicted molar refractivity (Wildman–Crippen MR) is 53.0 cm³/mol. The minimum absolute atomic E-state index is 0.0363. The number of rotatable bonds is 4. The maximum Gasteiger partial charge on any atom is 0.118 e. The van der Waals surface area contributed by atoms with E-state index in [0.29, 0.717) is 12.1 Å². The molecule has 0 atom stereocenters. The Morgan fingerprint density at radius 1 is 1.36 bits per heavy atom. The number of nitrogens with zero attached hydrogens (tertiary/aromatic N) is 1. The Balaban J connectivity index is 2.84. The first-order valence-electron chi connectivity index (χ1n) is 4.28. The largest absolute Gasteiger partial charge is 0.497 e. The first-order chi connectivity index (χ1) is 6.81. The number of benzene rings is 1. The minimum Gasteiger partial charge on any atom is -0.497 e. The van der Waals surface area contributed by atoms with Gasteiger partial charge in [0, 0.05) is 13.0 Å². The van der Waals surface area contributed by atoms with Gasteiger partial charge in [0.15, 0.2) is 0 Å². The quantitative estimate of drug-likeness (QED) is 0.432. The summed E-state index contributed by atoms with van der Waals surface area (Å²) in [6.45, 7) is -0.0363. The molecule has 0 aromatic heterocycles. The number of hydrogen-bond acceptors (Lipinski definition) is 4. The van der Waals surface area contributed by atoms with Crippen LogP contribution in [0.2, 0.25) is 0 Å². The molecule has 0 radical (unpaired) electrons. The number of methoxy groups -OCH3 is 1. The van der Waals surface area contributed by atoms with Gasteiger partial charge < -0.3 is 15.1 Å². The lowest BCUT2D eigenvalue weighted by Gasteiger charge is -2.03. The second-order valence-corrected chi connectivity index (χ2v) is 2.75. The van der Waals surface area contributed by atoms with Crippen LogP contribution in [0.1, 0.15) is 12.0 Å². The van der Waals surface area contributed by atoms with Crippen molar-refractivity contribution in [3.63, 3.8) is 0 Å². The maximum absolute atomic E-state index is 8.71. The number of ether oxygens (including phenoxy) is 1. The second kappa shape index (κ2) is 5.24. The summed E-state index contributed by atoms with van der Waals surface area (Å²) in [5.74, 6) is 0.745. The summed E-state index contributed by atoms with van der Waals surface area (Å²) in [6.07, 6.45) is 0.336. The van der Waals surface area contributed by atoms with E-state index in [-0.39, 0.29) is 6.61 Å². The molecule has 76 valence electrons. The van der Waals surface area contributed by atoms with Crippen LogP contribution in [0.15, 0.2) is 29.4 Å². The lowest BCUT2D eigenvalue weighted by Crippen LogP contribution is -2.03. The summed E-state index contributed by atoms with van der Waals surface area (Å²) >= 11 is 0. The van der Waals surface area contributed by atoms with Gasteiger partial charge in [-0.15, -0.1) is 0 Å². The van der Waals surface area contributed by atoms with Gasteiger partial charge >= 0.3 is 0 Å². The normalized spacial score (nSPS) is 11.4. The van der Waals surface area contributed by atoms with Crippen molar-refractivity contribution in [1.82, 2.24) is 0 Å². The van der Waals surface area contributed by atoms with Crippen molar-refractivity contribution >= 4 is 5.71 Å². The molecule has 1 rings (SSSR count). The molecule has 0 saturated heterocycles. The monoisotopic (exact) mass is 195 g/mol. The van der Waals surface area contributed by atoms with E-state index < -0.39 is 0 Å². The van der Waals surface area contributed by atoms with Crippen molar-refractivity contribution in [3.8, 4) is 5.75 Å². The van der Waals surface area contributed by atoms with Crippen molar-refractivity contribution < 1.29 is 15.1 Å². The molecular weight excluding hydrogens is 182 g/mol. The zero-order chi connectivity index (χ0) is 10.4. The molecule has 4 heteroatoms. The number of aliphatic hydroxyl groups excluding tert-OH is 1. The molecule has 0 saturated carbocycles. The maximum atomic E-state index is 8.71. The van der Waals surface area contributed by atoms with Crippen LogP contribution in [0.5, 0.6) is 5.75 Å². The van der Waals surface area contributed by atoms with Crippen LogP contribution in [-0.2, 0) is 0 Å². The van der Waals surface area contributed by atoms with Gasteiger partial charge in [-0.05, 0) is 29.8 Å². The lowest BCUT2D eigenvalue weighted by atomic mass is 10.1. The predicted octanol–water partition coefficient (Wildman–Crippen LogP) is 1.26. The summed E-state index contributed by atoms with van der Waals surface area (Å²) in [5, 5.41) is 20.5. The van der Waals surface area contributed by atoms with Gasteiger partial charge in [0.1, 0.15) is 5.75 Å². The number of hydrogen-bond donors (Lipinski definition) is 2. The molecule has 0 aliphatic heterocycles. The summed E-state index contributed by atoms with van der Waals surface area (Å²) < 4.78 is 4.99. The summed E-state index contributed by atoms with van der Waals surface area (Å²) in [7, 11) is 1.59. The topological polar surface area (TPSA) is 62.0 Å². The third-order valence-corrected chi connectivity index (χ3v) is 1.89. The molecule has 0 amide bonds. The Morgan fingerprint density at radius 3 is 2.43 bits per heavy atom. The van der Waals surface area contributed by atoms with Crippen LogP contribution < -0.4 is 4.74 Å². The van der Waals surface area contributed by atoms with Crippen molar-refractivity contribution in [2.24, 2.45) is 5.16 Å². The summed E-state index contributed by atoms with van der Waals surface area (Å²) in [6, 6.07) is 7.11. The van der Waals surface area contributed by atoms with Gasteiger partial charge in [-0.1, -0.05) is 5.16 Å². The standard InChI is InChI=1S/C10H13NO3/c1-14-9-4-2-8(3-5-9)10(11-13)6-7-12/h2-5,12-13H,6-7H2,1H3/b11-10+. The third kappa shape index (κ3) is 2.47. The van der Waals surface area contributed by atoms with E-state index in [1.54, 1.807) is 31.4 Å². The Kier molecular flexibility index (Phi) is 3.94. The molecule has 4 nitrogen and oxygen atoms in total. The van der Waals surface area contributed by atoms with Gasteiger partial charge in [-0.2, -0.15) is 0 Å². The van der Waals surface area contributed by atoms with Crippen LogP contribution in [0.25, 0.3) is 0 Å². The molecule has 0 bridgehead atoms. The van der Waals surface area contributed by atoms with E-state index in [9.17, 15) is 0 Å². The first-order valence-corrected chi connectivity index (χ1v) is 4.28. The second-order valence-electron chi connectivity index (χ2n) is 2.75. The van der Waals surface area contributed by atoms with Crippen LogP contribution >= 0.6 is 0 Å². The lowest BCUT2D eigenvalue weighted by molar-refractivity contribution is 0.295. The molecule has 0 fully saturated rings. The molecule has 14 heavy (non-hydrogen) atoms. The molecular formula is C10H13NO3. The highest BCUT2D eigenvalue weighted by Crippen LogP contribution is 2.12. The zero-order valence-corrected chi connectivity index (χ0v) is 7.97. The Hall–Kier alpha value is -1.55. The van der Waals surface area contributed by atoms with Crippen molar-refractivity contribution in [3.05, 3.63) is 29.8 Å². The van der Waals surface area contributed by atoms with Gasteiger partial charge in [0.2, 0.25) is 0 Å². The van der Waals surface area contributed by atoms with Crippen LogP contribution in [0, 0.1) is 0 Å². The van der Waals surface area contributed by atoms with E-state index in [2.05, 4.69) is 5.16 Å². The average Bonchev–Trinajstić information content (AvgIpc) is 2.26. The van der Waals surface area contributed by atoms with Gasteiger partial charge in [-0.3, -0.25) is 0 Å². The highest BCUT2D eigenvalue weighted by atomic mass is 16.5. The van der Waals surface area contributed by atoms with Crippen molar-refractivity contribution in [2.45, 2.75) is 6.42 Å². The highest BCUT2D eigenvalue weighted by molar-refractivity contribution is 6.00. The van der Waals surface area contributed by atoms with E-state index in [0.717, 1.165) is 11.3 Å². The molecule has 1 aromatic carbocycles. The van der Waals surface area contributed by atoms with E-state index in [4.69, 9.17) is 15.1 Å². The molecule has 0 heterocycles. The molecule has 1 aromatic rings. The van der Waals surface area contributed by atoms with Crippen LogP contribution in [0.3, 0.4) is 0 Å². The minimum atomic E-state index is -0.0363. The highest BCUT2D eigenvalue weighted by Gasteiger charge is 2.03. The van der Waals surface area contributed by atoms with Crippen LogP contribution in [-0.4, -0.2) is 29.7 Å². The van der Waals surface area contributed by atoms with Crippen molar-refractivity contribution in [2.75, 3.05) is 13.7 Å². The smallest absolute Gasteiger partial charge is 0.118 e. The zero-order valence-electron chi connectivity index (χ0n) is 7.97. The Bertz CT molecular complexity index is 306. The summed E-state index contributed by atoms with van der Waals surface area (Å²) in [5.41, 5.74) is 1.25. The fourth-order valence-corrected chi connectivity index (χ4v) is 1.14. The molecule has 0 aliphatic rings. The average molecular weight is 195 g/mol. The third-order valence-electron chi connectivity index (χ3n) is 1.89. The van der Waals surface area contributed by atoms with E-state index in [1.807, 2.05) is 0 Å². The van der Waals surface area contributed by atoms with Gasteiger partial charge in [-0.25, -0.2) is 0 Å². The molecule has 0 unspecified atom stereocenters.